The Labute approximate surface area is 141 Å². The Morgan fingerprint density at radius 2 is 1.67 bits per heavy atom. The summed E-state index contributed by atoms with van der Waals surface area (Å²) in [7, 11) is 1.66. The lowest BCUT2D eigenvalue weighted by Crippen LogP contribution is -2.31. The molecule has 4 heteroatoms. The molecule has 24 heavy (non-hydrogen) atoms. The highest BCUT2D eigenvalue weighted by Gasteiger charge is 2.10. The highest BCUT2D eigenvalue weighted by atomic mass is 16.5. The highest BCUT2D eigenvalue weighted by molar-refractivity contribution is 5.89. The molecule has 1 atom stereocenters. The van der Waals surface area contributed by atoms with Crippen LogP contribution >= 0.6 is 0 Å². The molecule has 122 valence electrons. The van der Waals surface area contributed by atoms with Crippen LogP contribution in [0.4, 0.5) is 10.5 Å². The molecule has 3 aromatic carbocycles. The number of nitrogens with one attached hydrogen (secondary N) is 2. The average Bonchev–Trinajstić information content (AvgIpc) is 2.61. The fourth-order valence-corrected chi connectivity index (χ4v) is 2.61. The van der Waals surface area contributed by atoms with Crippen molar-refractivity contribution in [1.29, 1.82) is 0 Å². The third-order valence-electron chi connectivity index (χ3n) is 3.95. The number of rotatable bonds is 4. The number of carbonyl (C=O) groups excluding carboxylic acids is 1. The summed E-state index contributed by atoms with van der Waals surface area (Å²) < 4.78 is 5.24. The van der Waals surface area contributed by atoms with Gasteiger partial charge in [0.2, 0.25) is 0 Å². The van der Waals surface area contributed by atoms with Crippen molar-refractivity contribution in [2.75, 3.05) is 12.4 Å². The zero-order chi connectivity index (χ0) is 16.9. The van der Waals surface area contributed by atoms with Crippen LogP contribution in [0.5, 0.6) is 5.75 Å². The van der Waals surface area contributed by atoms with Crippen molar-refractivity contribution in [3.63, 3.8) is 0 Å². The maximum Gasteiger partial charge on any atom is 0.319 e. The molecule has 0 radical (unpaired) electrons. The first-order valence-corrected chi connectivity index (χ1v) is 7.86. The average molecular weight is 320 g/mol. The number of fused-ring (bicyclic) bond motifs is 1. The number of anilines is 1. The molecular formula is C20H20N2O2. The summed E-state index contributed by atoms with van der Waals surface area (Å²) in [6.07, 6.45) is 0. The summed E-state index contributed by atoms with van der Waals surface area (Å²) in [5, 5.41) is 8.01. The maximum absolute atomic E-state index is 12.1. The minimum atomic E-state index is -0.219. The number of carbonyl (C=O) groups is 1. The lowest BCUT2D eigenvalue weighted by molar-refractivity contribution is 0.249. The smallest absolute Gasteiger partial charge is 0.319 e. The molecule has 0 spiro atoms. The van der Waals surface area contributed by atoms with Gasteiger partial charge < -0.3 is 15.4 Å². The van der Waals surface area contributed by atoms with Crippen molar-refractivity contribution in [2.24, 2.45) is 0 Å². The third kappa shape index (κ3) is 3.66. The van der Waals surface area contributed by atoms with E-state index in [1.54, 1.807) is 7.11 Å². The van der Waals surface area contributed by atoms with Gasteiger partial charge in [0.1, 0.15) is 5.75 Å². The fraction of sp³-hybridized carbons (Fsp3) is 0.150. The number of ether oxygens (including phenoxy) is 1. The molecule has 0 aromatic heterocycles. The second-order valence-electron chi connectivity index (χ2n) is 5.66. The van der Waals surface area contributed by atoms with E-state index < -0.39 is 0 Å². The minimum absolute atomic E-state index is 0.0970. The lowest BCUT2D eigenvalue weighted by Gasteiger charge is -2.16. The van der Waals surface area contributed by atoms with Gasteiger partial charge in [0.05, 0.1) is 13.2 Å². The van der Waals surface area contributed by atoms with Gasteiger partial charge in [-0.25, -0.2) is 4.79 Å². The van der Waals surface area contributed by atoms with Crippen molar-refractivity contribution >= 4 is 22.5 Å². The van der Waals surface area contributed by atoms with Crippen molar-refractivity contribution in [2.45, 2.75) is 13.0 Å². The molecule has 0 saturated carbocycles. The van der Waals surface area contributed by atoms with E-state index in [4.69, 9.17) is 4.74 Å². The van der Waals surface area contributed by atoms with Crippen molar-refractivity contribution < 1.29 is 9.53 Å². The molecule has 0 bridgehead atoms. The van der Waals surface area contributed by atoms with Crippen LogP contribution in [0.15, 0.2) is 66.7 Å². The Bertz CT molecular complexity index is 847. The van der Waals surface area contributed by atoms with E-state index in [1.807, 2.05) is 67.6 Å². The van der Waals surface area contributed by atoms with Crippen LogP contribution < -0.4 is 15.4 Å². The summed E-state index contributed by atoms with van der Waals surface area (Å²) in [6.45, 7) is 1.97. The number of para-hydroxylation sites is 1. The molecule has 0 aliphatic rings. The van der Waals surface area contributed by atoms with Gasteiger partial charge in [-0.1, -0.05) is 36.4 Å². The Morgan fingerprint density at radius 1 is 0.958 bits per heavy atom. The van der Waals surface area contributed by atoms with E-state index in [1.165, 1.54) is 0 Å². The molecule has 2 N–H and O–H groups in total. The predicted octanol–water partition coefficient (Wildman–Crippen LogP) is 4.73. The zero-order valence-electron chi connectivity index (χ0n) is 13.7. The molecule has 0 aliphatic heterocycles. The molecule has 4 nitrogen and oxygen atoms in total. The number of hydrogen-bond acceptors (Lipinski definition) is 2. The molecule has 3 rings (SSSR count). The summed E-state index contributed by atoms with van der Waals surface area (Å²) in [6, 6.07) is 21.2. The second-order valence-corrected chi connectivity index (χ2v) is 5.66. The SMILES string of the molecule is COc1ccc2cc(C(C)NC(=O)Nc3ccccc3)ccc2c1. The lowest BCUT2D eigenvalue weighted by atomic mass is 10.0. The van der Waals surface area contributed by atoms with Crippen LogP contribution in [0, 0.1) is 0 Å². The molecule has 3 aromatic rings. The van der Waals surface area contributed by atoms with Gasteiger partial charge in [-0.2, -0.15) is 0 Å². The number of hydrogen-bond donors (Lipinski definition) is 2. The Morgan fingerprint density at radius 3 is 2.42 bits per heavy atom. The topological polar surface area (TPSA) is 50.4 Å². The summed E-state index contributed by atoms with van der Waals surface area (Å²) in [5.41, 5.74) is 1.82. The highest BCUT2D eigenvalue weighted by Crippen LogP contribution is 2.24. The van der Waals surface area contributed by atoms with Gasteiger partial charge in [0.25, 0.3) is 0 Å². The van der Waals surface area contributed by atoms with E-state index in [9.17, 15) is 4.79 Å². The normalized spacial score (nSPS) is 11.8. The number of benzene rings is 3. The number of amides is 2. The van der Waals surface area contributed by atoms with E-state index in [2.05, 4.69) is 16.7 Å². The van der Waals surface area contributed by atoms with Gasteiger partial charge >= 0.3 is 6.03 Å². The monoisotopic (exact) mass is 320 g/mol. The first kappa shape index (κ1) is 15.9. The van der Waals surface area contributed by atoms with E-state index in [-0.39, 0.29) is 12.1 Å². The van der Waals surface area contributed by atoms with E-state index in [0.717, 1.165) is 27.8 Å². The molecule has 0 fully saturated rings. The van der Waals surface area contributed by atoms with E-state index in [0.29, 0.717) is 0 Å². The first-order valence-electron chi connectivity index (χ1n) is 7.86. The molecule has 0 aliphatic carbocycles. The zero-order valence-corrected chi connectivity index (χ0v) is 13.7. The van der Waals surface area contributed by atoms with Gasteiger partial charge in [0.15, 0.2) is 0 Å². The standard InChI is InChI=1S/C20H20N2O2/c1-14(21-20(23)22-18-6-4-3-5-7-18)15-8-9-17-13-19(24-2)11-10-16(17)12-15/h3-14H,1-2H3,(H2,21,22,23). The van der Waals surface area contributed by atoms with Crippen LogP contribution in [0.3, 0.4) is 0 Å². The summed E-state index contributed by atoms with van der Waals surface area (Å²) in [5.74, 6) is 0.837. The van der Waals surface area contributed by atoms with Gasteiger partial charge in [-0.05, 0) is 53.6 Å². The van der Waals surface area contributed by atoms with Crippen LogP contribution in [-0.2, 0) is 0 Å². The van der Waals surface area contributed by atoms with Crippen molar-refractivity contribution in [3.05, 3.63) is 72.3 Å². The van der Waals surface area contributed by atoms with Gasteiger partial charge in [-0.3, -0.25) is 0 Å². The first-order chi connectivity index (χ1) is 11.7. The second kappa shape index (κ2) is 7.04. The fourth-order valence-electron chi connectivity index (χ4n) is 2.61. The summed E-state index contributed by atoms with van der Waals surface area (Å²) >= 11 is 0. The quantitative estimate of drug-likeness (QED) is 0.730. The van der Waals surface area contributed by atoms with Crippen molar-refractivity contribution in [3.8, 4) is 5.75 Å². The molecule has 1 unspecified atom stereocenters. The molecule has 0 heterocycles. The summed E-state index contributed by atoms with van der Waals surface area (Å²) in [4.78, 5) is 12.1. The molecule has 2 amide bonds. The van der Waals surface area contributed by atoms with Gasteiger partial charge in [0, 0.05) is 5.69 Å². The largest absolute Gasteiger partial charge is 0.497 e. The maximum atomic E-state index is 12.1. The number of methoxy groups -OCH3 is 1. The molecule has 0 saturated heterocycles. The Kier molecular flexibility index (Phi) is 4.66. The third-order valence-corrected chi connectivity index (χ3v) is 3.95. The molecular weight excluding hydrogens is 300 g/mol. The van der Waals surface area contributed by atoms with Crippen LogP contribution in [0.2, 0.25) is 0 Å². The number of urea groups is 1. The van der Waals surface area contributed by atoms with Crippen LogP contribution in [0.1, 0.15) is 18.5 Å². The van der Waals surface area contributed by atoms with Crippen LogP contribution in [0.25, 0.3) is 10.8 Å². The Hall–Kier alpha value is -3.01. The van der Waals surface area contributed by atoms with Crippen LogP contribution in [-0.4, -0.2) is 13.1 Å². The minimum Gasteiger partial charge on any atom is -0.497 e. The van der Waals surface area contributed by atoms with Crippen molar-refractivity contribution in [1.82, 2.24) is 5.32 Å². The predicted molar refractivity (Wildman–Crippen MR) is 97.5 cm³/mol. The van der Waals surface area contributed by atoms with E-state index >= 15 is 0 Å². The Balaban J connectivity index is 1.71. The van der Waals surface area contributed by atoms with Gasteiger partial charge in [-0.15, -0.1) is 0 Å².